The lowest BCUT2D eigenvalue weighted by Crippen LogP contribution is -2.49. The van der Waals surface area contributed by atoms with E-state index >= 15 is 0 Å². The fourth-order valence-electron chi connectivity index (χ4n) is 3.62. The summed E-state index contributed by atoms with van der Waals surface area (Å²) in [5.74, 6) is -0.264. The molecule has 26 heavy (non-hydrogen) atoms. The van der Waals surface area contributed by atoms with Crippen LogP contribution in [0, 0.1) is 11.8 Å². The molecule has 3 rings (SSSR count). The number of rotatable bonds is 4. The maximum absolute atomic E-state index is 12.8. The zero-order chi connectivity index (χ0) is 18.5. The van der Waals surface area contributed by atoms with Crippen molar-refractivity contribution >= 4 is 34.2 Å². The van der Waals surface area contributed by atoms with E-state index < -0.39 is 0 Å². The zero-order valence-electron chi connectivity index (χ0n) is 14.7. The number of likely N-dealkylation sites (tertiary alicyclic amines) is 2. The Morgan fingerprint density at radius 1 is 1.15 bits per heavy atom. The molecule has 0 spiro atoms. The van der Waals surface area contributed by atoms with Gasteiger partial charge in [-0.2, -0.15) is 0 Å². The topological polar surface area (TPSA) is 82.6 Å². The summed E-state index contributed by atoms with van der Waals surface area (Å²) in [6.07, 6.45) is 5.92. The summed E-state index contributed by atoms with van der Waals surface area (Å²) in [5, 5.41) is 5.27. The first-order valence-corrected chi connectivity index (χ1v) is 9.87. The van der Waals surface area contributed by atoms with Crippen LogP contribution in [0.3, 0.4) is 0 Å². The van der Waals surface area contributed by atoms with Crippen molar-refractivity contribution in [3.63, 3.8) is 0 Å². The number of anilines is 1. The highest BCUT2D eigenvalue weighted by Crippen LogP contribution is 2.24. The normalized spacial score (nSPS) is 21.3. The van der Waals surface area contributed by atoms with Crippen molar-refractivity contribution in [2.75, 3.05) is 31.5 Å². The molecule has 2 aliphatic rings. The van der Waals surface area contributed by atoms with E-state index in [4.69, 9.17) is 0 Å². The fourth-order valence-corrected chi connectivity index (χ4v) is 4.15. The molecule has 0 aliphatic carbocycles. The molecular weight excluding hydrogens is 352 g/mol. The van der Waals surface area contributed by atoms with Crippen LogP contribution in [0.1, 0.15) is 25.7 Å². The quantitative estimate of drug-likeness (QED) is 0.812. The number of hydrogen-bond acceptors (Lipinski definition) is 5. The Morgan fingerprint density at radius 2 is 1.92 bits per heavy atom. The second kappa shape index (κ2) is 8.44. The van der Waals surface area contributed by atoms with Crippen LogP contribution in [0.25, 0.3) is 0 Å². The molecular formula is C18H24N4O3S. The molecule has 0 saturated carbocycles. The number of aromatic nitrogens is 1. The smallest absolute Gasteiger partial charge is 0.245 e. The molecule has 1 aromatic heterocycles. The molecule has 0 radical (unpaired) electrons. The number of nitrogens with zero attached hydrogens (tertiary/aromatic N) is 3. The number of nitrogens with one attached hydrogen (secondary N) is 1. The summed E-state index contributed by atoms with van der Waals surface area (Å²) in [6.45, 7) is 5.84. The van der Waals surface area contributed by atoms with Crippen LogP contribution >= 0.6 is 11.3 Å². The van der Waals surface area contributed by atoms with Crippen molar-refractivity contribution in [3.8, 4) is 0 Å². The van der Waals surface area contributed by atoms with Gasteiger partial charge in [0.1, 0.15) is 0 Å². The molecule has 140 valence electrons. The van der Waals surface area contributed by atoms with Crippen molar-refractivity contribution in [2.45, 2.75) is 25.7 Å². The largest absolute Gasteiger partial charge is 0.342 e. The Labute approximate surface area is 157 Å². The molecule has 2 saturated heterocycles. The number of piperidine rings is 2. The molecule has 2 aliphatic heterocycles. The monoisotopic (exact) mass is 376 g/mol. The van der Waals surface area contributed by atoms with Gasteiger partial charge in [0.15, 0.2) is 5.13 Å². The van der Waals surface area contributed by atoms with E-state index in [2.05, 4.69) is 16.9 Å². The van der Waals surface area contributed by atoms with E-state index in [1.807, 2.05) is 10.3 Å². The van der Waals surface area contributed by atoms with Crippen LogP contribution in [0.15, 0.2) is 24.2 Å². The molecule has 1 aromatic rings. The van der Waals surface area contributed by atoms with Crippen molar-refractivity contribution in [2.24, 2.45) is 11.8 Å². The maximum atomic E-state index is 12.8. The van der Waals surface area contributed by atoms with E-state index in [1.165, 1.54) is 17.4 Å². The molecule has 0 aromatic carbocycles. The minimum Gasteiger partial charge on any atom is -0.342 e. The van der Waals surface area contributed by atoms with Crippen molar-refractivity contribution in [3.05, 3.63) is 24.2 Å². The molecule has 3 amide bonds. The molecule has 1 N–H and O–H groups in total. The highest BCUT2D eigenvalue weighted by atomic mass is 32.1. The van der Waals surface area contributed by atoms with Crippen LogP contribution < -0.4 is 5.32 Å². The summed E-state index contributed by atoms with van der Waals surface area (Å²) in [5.41, 5.74) is 0. The molecule has 0 bridgehead atoms. The van der Waals surface area contributed by atoms with Gasteiger partial charge in [-0.05, 0) is 31.8 Å². The number of carbonyl (C=O) groups excluding carboxylic acids is 3. The predicted molar refractivity (Wildman–Crippen MR) is 99.5 cm³/mol. The first-order chi connectivity index (χ1) is 12.6. The van der Waals surface area contributed by atoms with Gasteiger partial charge in [0.25, 0.3) is 0 Å². The Bertz CT molecular complexity index is 668. The predicted octanol–water partition coefficient (Wildman–Crippen LogP) is 1.74. The first-order valence-electron chi connectivity index (χ1n) is 8.99. The fraction of sp³-hybridized carbons (Fsp3) is 0.556. The SMILES string of the molecule is C=CC(=O)N1CCCC(C(=O)N2CCC(C(=O)Nc3nccs3)CC2)C1. The van der Waals surface area contributed by atoms with E-state index in [9.17, 15) is 14.4 Å². The van der Waals surface area contributed by atoms with E-state index in [-0.39, 0.29) is 29.6 Å². The summed E-state index contributed by atoms with van der Waals surface area (Å²) < 4.78 is 0. The zero-order valence-corrected chi connectivity index (χ0v) is 15.5. The van der Waals surface area contributed by atoms with Crippen molar-refractivity contribution in [1.82, 2.24) is 14.8 Å². The number of amides is 3. The lowest BCUT2D eigenvalue weighted by Gasteiger charge is -2.37. The lowest BCUT2D eigenvalue weighted by molar-refractivity contribution is -0.141. The van der Waals surface area contributed by atoms with Gasteiger partial charge in [-0.1, -0.05) is 6.58 Å². The van der Waals surface area contributed by atoms with Gasteiger partial charge in [-0.15, -0.1) is 11.3 Å². The summed E-state index contributed by atoms with van der Waals surface area (Å²) in [4.78, 5) is 44.5. The molecule has 7 nitrogen and oxygen atoms in total. The van der Waals surface area contributed by atoms with Crippen LogP contribution in [-0.2, 0) is 14.4 Å². The molecule has 1 unspecified atom stereocenters. The minimum atomic E-state index is -0.145. The van der Waals surface area contributed by atoms with Crippen LogP contribution in [0.4, 0.5) is 5.13 Å². The van der Waals surface area contributed by atoms with Gasteiger partial charge < -0.3 is 15.1 Å². The standard InChI is InChI=1S/C18H24N4O3S/c1-2-15(23)22-8-3-4-14(12-22)17(25)21-9-5-13(6-10-21)16(24)20-18-19-7-11-26-18/h2,7,11,13-14H,1,3-6,8-10,12H2,(H,19,20,24). The van der Waals surface area contributed by atoms with Gasteiger partial charge >= 0.3 is 0 Å². The number of hydrogen-bond donors (Lipinski definition) is 1. The Morgan fingerprint density at radius 3 is 2.58 bits per heavy atom. The van der Waals surface area contributed by atoms with E-state index in [0.717, 1.165) is 12.8 Å². The summed E-state index contributed by atoms with van der Waals surface area (Å²) >= 11 is 1.40. The summed E-state index contributed by atoms with van der Waals surface area (Å²) in [7, 11) is 0. The van der Waals surface area contributed by atoms with Gasteiger partial charge in [-0.25, -0.2) is 4.98 Å². The average molecular weight is 376 g/mol. The van der Waals surface area contributed by atoms with Gasteiger partial charge in [0, 0.05) is 43.7 Å². The van der Waals surface area contributed by atoms with Gasteiger partial charge in [0.05, 0.1) is 5.92 Å². The molecule has 2 fully saturated rings. The molecule has 8 heteroatoms. The Kier molecular flexibility index (Phi) is 6.03. The Balaban J connectivity index is 1.49. The second-order valence-electron chi connectivity index (χ2n) is 6.75. The summed E-state index contributed by atoms with van der Waals surface area (Å²) in [6, 6.07) is 0. The van der Waals surface area contributed by atoms with E-state index in [1.54, 1.807) is 11.1 Å². The van der Waals surface area contributed by atoms with Crippen LogP contribution in [-0.4, -0.2) is 58.7 Å². The van der Waals surface area contributed by atoms with E-state index in [0.29, 0.717) is 44.2 Å². The van der Waals surface area contributed by atoms with Gasteiger partial charge in [0.2, 0.25) is 17.7 Å². The maximum Gasteiger partial charge on any atom is 0.245 e. The van der Waals surface area contributed by atoms with Crippen LogP contribution in [0.2, 0.25) is 0 Å². The second-order valence-corrected chi connectivity index (χ2v) is 7.65. The third kappa shape index (κ3) is 4.30. The van der Waals surface area contributed by atoms with Crippen molar-refractivity contribution in [1.29, 1.82) is 0 Å². The van der Waals surface area contributed by atoms with Gasteiger partial charge in [-0.3, -0.25) is 14.4 Å². The molecule has 1 atom stereocenters. The highest BCUT2D eigenvalue weighted by molar-refractivity contribution is 7.13. The number of thiazole rings is 1. The average Bonchev–Trinajstić information content (AvgIpc) is 3.20. The van der Waals surface area contributed by atoms with Crippen molar-refractivity contribution < 1.29 is 14.4 Å². The lowest BCUT2D eigenvalue weighted by atomic mass is 9.92. The Hall–Kier alpha value is -2.22. The third-order valence-electron chi connectivity index (χ3n) is 5.10. The van der Waals surface area contributed by atoms with Crippen LogP contribution in [0.5, 0.6) is 0 Å². The molecule has 3 heterocycles. The third-order valence-corrected chi connectivity index (χ3v) is 5.79. The minimum absolute atomic E-state index is 0.0209. The first kappa shape index (κ1) is 18.6. The number of carbonyl (C=O) groups is 3. The highest BCUT2D eigenvalue weighted by Gasteiger charge is 2.33.